The molecule has 0 saturated heterocycles. The molecule has 1 aromatic carbocycles. The summed E-state index contributed by atoms with van der Waals surface area (Å²) in [6.45, 7) is 5.43. The maximum absolute atomic E-state index is 10.6. The second-order valence-electron chi connectivity index (χ2n) is 3.84. The average molecular weight is 261 g/mol. The number of hydrogen-bond acceptors (Lipinski definition) is 7. The minimum atomic E-state index is 0.459. The third-order valence-electron chi connectivity index (χ3n) is 2.33. The predicted octanol–water partition coefficient (Wildman–Crippen LogP) is 4.28. The highest BCUT2D eigenvalue weighted by Gasteiger charge is 2.05. The maximum atomic E-state index is 10.6. The first kappa shape index (κ1) is 12.4. The van der Waals surface area contributed by atoms with Gasteiger partial charge in [-0.1, -0.05) is 0 Å². The highest BCUT2D eigenvalue weighted by Crippen LogP contribution is 2.29. The third kappa shape index (κ3) is 2.62. The minimum Gasteiger partial charge on any atom is -0.201 e. The van der Waals surface area contributed by atoms with E-state index in [1.54, 1.807) is 19.1 Å². The average Bonchev–Trinajstić information content (AvgIpc) is 2.72. The first-order valence-corrected chi connectivity index (χ1v) is 6.04. The number of rotatable bonds is 3. The van der Waals surface area contributed by atoms with Crippen LogP contribution in [-0.2, 0) is 0 Å². The van der Waals surface area contributed by atoms with Gasteiger partial charge >= 0.3 is 0 Å². The molecule has 1 heterocycles. The summed E-state index contributed by atoms with van der Waals surface area (Å²) in [7, 11) is 0. The molecule has 6 nitrogen and oxygen atoms in total. The highest BCUT2D eigenvalue weighted by molar-refractivity contribution is 7.09. The normalized spacial score (nSPS) is 11.1. The van der Waals surface area contributed by atoms with Gasteiger partial charge in [-0.2, -0.15) is 4.37 Å². The second-order valence-corrected chi connectivity index (χ2v) is 4.57. The van der Waals surface area contributed by atoms with Crippen LogP contribution < -0.4 is 0 Å². The lowest BCUT2D eigenvalue weighted by Crippen LogP contribution is -1.79. The van der Waals surface area contributed by atoms with Gasteiger partial charge in [-0.25, -0.2) is 4.98 Å². The van der Waals surface area contributed by atoms with Crippen LogP contribution in [0.25, 0.3) is 0 Å². The third-order valence-corrected chi connectivity index (χ3v) is 3.03. The van der Waals surface area contributed by atoms with E-state index < -0.39 is 0 Å². The zero-order valence-electron chi connectivity index (χ0n) is 10.2. The van der Waals surface area contributed by atoms with Gasteiger partial charge in [0.15, 0.2) is 0 Å². The fraction of sp³-hybridized carbons (Fsp3) is 0.273. The Kier molecular flexibility index (Phi) is 3.52. The number of nitrogens with zero attached hydrogens (tertiary/aromatic N) is 5. The molecule has 7 heteroatoms. The highest BCUT2D eigenvalue weighted by atomic mass is 32.1. The van der Waals surface area contributed by atoms with E-state index in [0.717, 1.165) is 11.1 Å². The smallest absolute Gasteiger partial charge is 0.201 e. The minimum absolute atomic E-state index is 0.459. The van der Waals surface area contributed by atoms with Gasteiger partial charge in [0.2, 0.25) is 5.13 Å². The molecule has 0 spiro atoms. The zero-order valence-corrected chi connectivity index (χ0v) is 11.0. The van der Waals surface area contributed by atoms with Crippen LogP contribution in [0.15, 0.2) is 27.5 Å². The van der Waals surface area contributed by atoms with E-state index >= 15 is 0 Å². The van der Waals surface area contributed by atoms with Crippen LogP contribution in [0.1, 0.15) is 17.0 Å². The summed E-state index contributed by atoms with van der Waals surface area (Å²) < 4.78 is 4.01. The van der Waals surface area contributed by atoms with Gasteiger partial charge in [0.05, 0.1) is 5.69 Å². The van der Waals surface area contributed by atoms with Crippen LogP contribution in [0.3, 0.4) is 0 Å². The Hall–Kier alpha value is -2.02. The summed E-state index contributed by atoms with van der Waals surface area (Å²) in [5, 5.41) is 11.6. The van der Waals surface area contributed by atoms with Crippen LogP contribution in [0.2, 0.25) is 0 Å². The number of benzene rings is 1. The van der Waals surface area contributed by atoms with Gasteiger partial charge in [0.25, 0.3) is 0 Å². The van der Waals surface area contributed by atoms with E-state index in [2.05, 4.69) is 24.8 Å². The molecule has 0 unspecified atom stereocenters. The molecule has 0 aliphatic heterocycles. The molecule has 0 saturated carbocycles. The van der Waals surface area contributed by atoms with Crippen LogP contribution in [0, 0.1) is 25.7 Å². The molecule has 0 aliphatic carbocycles. The Morgan fingerprint density at radius 1 is 1.11 bits per heavy atom. The molecule has 92 valence electrons. The van der Waals surface area contributed by atoms with Crippen molar-refractivity contribution >= 4 is 28.0 Å². The van der Waals surface area contributed by atoms with Crippen LogP contribution in [0.5, 0.6) is 0 Å². The lowest BCUT2D eigenvalue weighted by molar-refractivity contribution is 1.12. The lowest BCUT2D eigenvalue weighted by Gasteiger charge is -2.02. The molecule has 1 aromatic heterocycles. The molecule has 0 fully saturated rings. The maximum Gasteiger partial charge on any atom is 0.249 e. The summed E-state index contributed by atoms with van der Waals surface area (Å²) in [5.74, 6) is 0.682. The Balaban J connectivity index is 2.30. The second kappa shape index (κ2) is 5.09. The van der Waals surface area contributed by atoms with Crippen LogP contribution in [0.4, 0.5) is 16.5 Å². The Morgan fingerprint density at radius 3 is 2.28 bits per heavy atom. The molecule has 2 rings (SSSR count). The Bertz CT molecular complexity index is 597. The van der Waals surface area contributed by atoms with Gasteiger partial charge in [0.1, 0.15) is 11.5 Å². The van der Waals surface area contributed by atoms with Crippen molar-refractivity contribution in [2.45, 2.75) is 20.8 Å². The molecule has 0 atom stereocenters. The van der Waals surface area contributed by atoms with Gasteiger partial charge in [-0.3, -0.25) is 0 Å². The molecular formula is C11H11N5OS. The van der Waals surface area contributed by atoms with Crippen LogP contribution >= 0.6 is 11.5 Å². The van der Waals surface area contributed by atoms with E-state index in [4.69, 9.17) is 0 Å². The fourth-order valence-electron chi connectivity index (χ4n) is 1.56. The number of aryl methyl sites for hydroxylation is 3. The molecule has 0 N–H and O–H groups in total. The van der Waals surface area contributed by atoms with Crippen molar-refractivity contribution in [2.24, 2.45) is 15.4 Å². The zero-order chi connectivity index (χ0) is 13.1. The number of hydrogen-bond donors (Lipinski definition) is 0. The van der Waals surface area contributed by atoms with Crippen molar-refractivity contribution in [1.29, 1.82) is 0 Å². The van der Waals surface area contributed by atoms with E-state index in [1.807, 2.05) is 13.8 Å². The van der Waals surface area contributed by atoms with Crippen molar-refractivity contribution in [3.8, 4) is 0 Å². The van der Waals surface area contributed by atoms with Crippen molar-refractivity contribution < 1.29 is 0 Å². The van der Waals surface area contributed by atoms with E-state index in [9.17, 15) is 4.91 Å². The van der Waals surface area contributed by atoms with E-state index in [0.29, 0.717) is 22.3 Å². The molecule has 18 heavy (non-hydrogen) atoms. The topological polar surface area (TPSA) is 79.9 Å². The molecule has 2 aromatic rings. The Morgan fingerprint density at radius 2 is 1.78 bits per heavy atom. The first-order chi connectivity index (χ1) is 8.60. The molecular weight excluding hydrogens is 250 g/mol. The van der Waals surface area contributed by atoms with Gasteiger partial charge < -0.3 is 0 Å². The summed E-state index contributed by atoms with van der Waals surface area (Å²) in [6, 6.07) is 3.53. The lowest BCUT2D eigenvalue weighted by atomic mass is 10.1. The predicted molar refractivity (Wildman–Crippen MR) is 70.2 cm³/mol. The first-order valence-electron chi connectivity index (χ1n) is 5.27. The van der Waals surface area contributed by atoms with E-state index in [-0.39, 0.29) is 0 Å². The Labute approximate surface area is 108 Å². The molecule has 0 amide bonds. The summed E-state index contributed by atoms with van der Waals surface area (Å²) in [5.41, 5.74) is 2.70. The monoisotopic (exact) mass is 261 g/mol. The summed E-state index contributed by atoms with van der Waals surface area (Å²) in [4.78, 5) is 14.7. The van der Waals surface area contributed by atoms with Gasteiger partial charge in [0, 0.05) is 11.5 Å². The molecule has 0 radical (unpaired) electrons. The SMILES string of the molecule is Cc1nsc(N=Nc2cc(C)c(N=O)c(C)c2)n1. The fourth-order valence-corrected chi connectivity index (χ4v) is 2.07. The summed E-state index contributed by atoms with van der Waals surface area (Å²) >= 11 is 1.19. The van der Waals surface area contributed by atoms with Crippen molar-refractivity contribution in [1.82, 2.24) is 9.36 Å². The molecule has 0 aliphatic rings. The van der Waals surface area contributed by atoms with Gasteiger partial charge in [-0.15, -0.1) is 15.1 Å². The van der Waals surface area contributed by atoms with Crippen LogP contribution in [-0.4, -0.2) is 9.36 Å². The number of azo groups is 1. The number of aromatic nitrogens is 2. The van der Waals surface area contributed by atoms with E-state index in [1.165, 1.54) is 11.5 Å². The van der Waals surface area contributed by atoms with Crippen molar-refractivity contribution in [2.75, 3.05) is 0 Å². The number of nitroso groups, excluding NO2 is 1. The summed E-state index contributed by atoms with van der Waals surface area (Å²) in [6.07, 6.45) is 0. The van der Waals surface area contributed by atoms with Crippen molar-refractivity contribution in [3.63, 3.8) is 0 Å². The van der Waals surface area contributed by atoms with Gasteiger partial charge in [-0.05, 0) is 49.2 Å². The largest absolute Gasteiger partial charge is 0.249 e. The van der Waals surface area contributed by atoms with Crippen molar-refractivity contribution in [3.05, 3.63) is 34.0 Å². The quantitative estimate of drug-likeness (QED) is 0.611. The molecule has 0 bridgehead atoms. The standard InChI is InChI=1S/C11H11N5OS/c1-6-4-9(5-7(2)10(6)15-17)13-14-11-12-8(3)16-18-11/h4-5H,1-3H3.